The Morgan fingerprint density at radius 3 is 2.45 bits per heavy atom. The topological polar surface area (TPSA) is 134 Å². The number of hydrogen-bond donors (Lipinski definition) is 3. The van der Waals surface area contributed by atoms with Crippen molar-refractivity contribution in [2.75, 3.05) is 12.8 Å². The number of urea groups is 1. The fraction of sp³-hybridized carbons (Fsp3) is 0.250. The maximum absolute atomic E-state index is 11.8. The van der Waals surface area contributed by atoms with Crippen LogP contribution in [0.2, 0.25) is 0 Å². The van der Waals surface area contributed by atoms with E-state index in [1.54, 1.807) is 0 Å². The van der Waals surface area contributed by atoms with Gasteiger partial charge in [-0.1, -0.05) is 0 Å². The largest absolute Gasteiger partial charge is 0.495 e. The zero-order chi connectivity index (χ0) is 15.3. The molecule has 20 heavy (non-hydrogen) atoms. The standard InChI is InChI=1S/C12H15N3O5/c1-6(10(16)15-12(14)18)20-11(17)7-3-4-9(19-2)8(13)5-7/h3-6H,13H2,1-2H3,(H3,14,15,16,18). The number of nitrogens with two attached hydrogens (primary N) is 2. The van der Waals surface area contributed by atoms with Gasteiger partial charge in [-0.25, -0.2) is 9.59 Å². The number of carbonyl (C=O) groups is 3. The Balaban J connectivity index is 2.73. The number of methoxy groups -OCH3 is 1. The van der Waals surface area contributed by atoms with Crippen molar-refractivity contribution in [3.63, 3.8) is 0 Å². The van der Waals surface area contributed by atoms with Crippen LogP contribution in [-0.4, -0.2) is 31.1 Å². The van der Waals surface area contributed by atoms with Gasteiger partial charge in [-0.15, -0.1) is 0 Å². The van der Waals surface area contributed by atoms with Gasteiger partial charge in [0.05, 0.1) is 18.4 Å². The zero-order valence-electron chi connectivity index (χ0n) is 11.0. The molecule has 1 rings (SSSR count). The summed E-state index contributed by atoms with van der Waals surface area (Å²) in [4.78, 5) is 33.6. The molecule has 8 nitrogen and oxygen atoms in total. The summed E-state index contributed by atoms with van der Waals surface area (Å²) in [6.45, 7) is 1.31. The highest BCUT2D eigenvalue weighted by Crippen LogP contribution is 2.22. The Morgan fingerprint density at radius 2 is 1.95 bits per heavy atom. The van der Waals surface area contributed by atoms with E-state index in [0.717, 1.165) is 0 Å². The third kappa shape index (κ3) is 3.87. The number of amides is 3. The number of ether oxygens (including phenoxy) is 2. The van der Waals surface area contributed by atoms with Gasteiger partial charge in [-0.2, -0.15) is 0 Å². The number of esters is 1. The molecule has 8 heteroatoms. The third-order valence-electron chi connectivity index (χ3n) is 2.36. The number of nitrogens with one attached hydrogen (secondary N) is 1. The summed E-state index contributed by atoms with van der Waals surface area (Å²) < 4.78 is 9.82. The minimum absolute atomic E-state index is 0.155. The lowest BCUT2D eigenvalue weighted by Gasteiger charge is -2.12. The zero-order valence-corrected chi connectivity index (χ0v) is 11.0. The molecule has 1 atom stereocenters. The Kier molecular flexibility index (Phi) is 4.90. The number of carbonyl (C=O) groups excluding carboxylic acids is 3. The quantitative estimate of drug-likeness (QED) is 0.526. The molecule has 108 valence electrons. The van der Waals surface area contributed by atoms with Crippen LogP contribution in [0.4, 0.5) is 10.5 Å². The van der Waals surface area contributed by atoms with Gasteiger partial charge in [-0.05, 0) is 25.1 Å². The maximum Gasteiger partial charge on any atom is 0.338 e. The van der Waals surface area contributed by atoms with Crippen molar-refractivity contribution in [2.45, 2.75) is 13.0 Å². The second-order valence-electron chi connectivity index (χ2n) is 3.86. The smallest absolute Gasteiger partial charge is 0.338 e. The van der Waals surface area contributed by atoms with Gasteiger partial charge in [0, 0.05) is 0 Å². The van der Waals surface area contributed by atoms with E-state index in [4.69, 9.17) is 20.9 Å². The van der Waals surface area contributed by atoms with E-state index in [1.165, 1.54) is 32.2 Å². The summed E-state index contributed by atoms with van der Waals surface area (Å²) in [7, 11) is 1.44. The van der Waals surface area contributed by atoms with Crippen molar-refractivity contribution in [3.05, 3.63) is 23.8 Å². The number of hydrogen-bond acceptors (Lipinski definition) is 6. The van der Waals surface area contributed by atoms with Crippen LogP contribution in [0.15, 0.2) is 18.2 Å². The predicted octanol–water partition coefficient (Wildman–Crippen LogP) is 0.0176. The molecule has 0 aliphatic heterocycles. The molecule has 0 aliphatic rings. The number of benzene rings is 1. The first-order valence-corrected chi connectivity index (χ1v) is 5.60. The van der Waals surface area contributed by atoms with E-state index >= 15 is 0 Å². The van der Waals surface area contributed by atoms with Crippen LogP contribution >= 0.6 is 0 Å². The molecule has 0 bridgehead atoms. The average molecular weight is 281 g/mol. The summed E-state index contributed by atoms with van der Waals surface area (Å²) in [5, 5.41) is 1.81. The molecule has 0 aromatic heterocycles. The molecule has 0 radical (unpaired) electrons. The number of anilines is 1. The van der Waals surface area contributed by atoms with E-state index in [-0.39, 0.29) is 11.3 Å². The van der Waals surface area contributed by atoms with Crippen molar-refractivity contribution in [1.29, 1.82) is 0 Å². The number of primary amides is 1. The fourth-order valence-electron chi connectivity index (χ4n) is 1.37. The third-order valence-corrected chi connectivity index (χ3v) is 2.36. The van der Waals surface area contributed by atoms with E-state index in [1.807, 2.05) is 5.32 Å². The van der Waals surface area contributed by atoms with Crippen molar-refractivity contribution >= 4 is 23.6 Å². The van der Waals surface area contributed by atoms with E-state index < -0.39 is 24.0 Å². The van der Waals surface area contributed by atoms with Crippen LogP contribution in [0.25, 0.3) is 0 Å². The van der Waals surface area contributed by atoms with Crippen molar-refractivity contribution in [2.24, 2.45) is 5.73 Å². The molecule has 1 aromatic carbocycles. The van der Waals surface area contributed by atoms with Gasteiger partial charge in [0.15, 0.2) is 6.10 Å². The lowest BCUT2D eigenvalue weighted by molar-refractivity contribution is -0.127. The van der Waals surface area contributed by atoms with Crippen LogP contribution in [-0.2, 0) is 9.53 Å². The Morgan fingerprint density at radius 1 is 1.30 bits per heavy atom. The van der Waals surface area contributed by atoms with Crippen LogP contribution < -0.4 is 21.5 Å². The first kappa shape index (κ1) is 15.3. The Hall–Kier alpha value is -2.77. The van der Waals surface area contributed by atoms with E-state index in [0.29, 0.717) is 5.75 Å². The molecule has 5 N–H and O–H groups in total. The highest BCUT2D eigenvalue weighted by molar-refractivity contribution is 5.98. The number of nitrogen functional groups attached to an aromatic ring is 1. The lowest BCUT2D eigenvalue weighted by atomic mass is 10.2. The molecule has 0 fully saturated rings. The van der Waals surface area contributed by atoms with Gasteiger partial charge in [0.2, 0.25) is 0 Å². The van der Waals surface area contributed by atoms with Gasteiger partial charge >= 0.3 is 12.0 Å². The summed E-state index contributed by atoms with van der Waals surface area (Å²) in [6.07, 6.45) is -1.17. The fourth-order valence-corrected chi connectivity index (χ4v) is 1.37. The maximum atomic E-state index is 11.8. The normalized spacial score (nSPS) is 11.3. The molecule has 1 aromatic rings. The number of imide groups is 1. The first-order chi connectivity index (χ1) is 9.35. The predicted molar refractivity (Wildman–Crippen MR) is 70.0 cm³/mol. The first-order valence-electron chi connectivity index (χ1n) is 5.60. The number of rotatable bonds is 4. The summed E-state index contributed by atoms with van der Waals surface area (Å²) in [5.41, 5.74) is 10.9. The Labute approximate surface area is 115 Å². The lowest BCUT2D eigenvalue weighted by Crippen LogP contribution is -2.42. The second kappa shape index (κ2) is 6.41. The summed E-state index contributed by atoms with van der Waals surface area (Å²) in [6, 6.07) is 3.28. The Bertz CT molecular complexity index is 544. The highest BCUT2D eigenvalue weighted by atomic mass is 16.5. The average Bonchev–Trinajstić information content (AvgIpc) is 2.37. The molecule has 3 amide bonds. The monoisotopic (exact) mass is 281 g/mol. The molecule has 0 saturated carbocycles. The van der Waals surface area contributed by atoms with Crippen molar-refractivity contribution in [1.82, 2.24) is 5.32 Å². The highest BCUT2D eigenvalue weighted by Gasteiger charge is 2.20. The van der Waals surface area contributed by atoms with Crippen LogP contribution in [0.1, 0.15) is 17.3 Å². The molecule has 0 heterocycles. The molecule has 0 aliphatic carbocycles. The van der Waals surface area contributed by atoms with E-state index in [2.05, 4.69) is 0 Å². The second-order valence-corrected chi connectivity index (χ2v) is 3.86. The van der Waals surface area contributed by atoms with Crippen LogP contribution in [0.3, 0.4) is 0 Å². The summed E-state index contributed by atoms with van der Waals surface area (Å²) in [5.74, 6) is -1.15. The molecule has 0 spiro atoms. The van der Waals surface area contributed by atoms with Gasteiger partial charge in [0.25, 0.3) is 5.91 Å². The van der Waals surface area contributed by atoms with Gasteiger partial charge in [0.1, 0.15) is 5.75 Å². The van der Waals surface area contributed by atoms with Crippen molar-refractivity contribution < 1.29 is 23.9 Å². The van der Waals surface area contributed by atoms with Crippen LogP contribution in [0, 0.1) is 0 Å². The van der Waals surface area contributed by atoms with E-state index in [9.17, 15) is 14.4 Å². The van der Waals surface area contributed by atoms with Gasteiger partial charge in [-0.3, -0.25) is 10.1 Å². The van der Waals surface area contributed by atoms with Crippen LogP contribution in [0.5, 0.6) is 5.75 Å². The minimum atomic E-state index is -1.17. The molecular formula is C12H15N3O5. The molecular weight excluding hydrogens is 266 g/mol. The molecule has 1 unspecified atom stereocenters. The van der Waals surface area contributed by atoms with Gasteiger partial charge < -0.3 is 20.9 Å². The molecule has 0 saturated heterocycles. The SMILES string of the molecule is COc1ccc(C(=O)OC(C)C(=O)NC(N)=O)cc1N. The van der Waals surface area contributed by atoms with Crippen molar-refractivity contribution in [3.8, 4) is 5.75 Å². The summed E-state index contributed by atoms with van der Waals surface area (Å²) >= 11 is 0. The minimum Gasteiger partial charge on any atom is -0.495 e.